The summed E-state index contributed by atoms with van der Waals surface area (Å²) in [5, 5.41) is 6.07. The molecule has 1 amide bonds. The number of ketones is 1. The molecule has 0 aromatic heterocycles. The third-order valence-corrected chi connectivity index (χ3v) is 5.31. The summed E-state index contributed by atoms with van der Waals surface area (Å²) in [6.07, 6.45) is 5.00. The molecule has 2 aromatic rings. The molecule has 1 unspecified atom stereocenters. The average Bonchev–Trinajstić information content (AvgIpc) is 3.29. The number of hydrogen-bond donors (Lipinski definition) is 3. The molecule has 162 valence electrons. The van der Waals surface area contributed by atoms with Crippen LogP contribution in [-0.4, -0.2) is 24.4 Å². The highest BCUT2D eigenvalue weighted by atomic mass is 16.5. The largest absolute Gasteiger partial charge is 0.398 e. The minimum absolute atomic E-state index is 0.102. The quantitative estimate of drug-likeness (QED) is 0.344. The van der Waals surface area contributed by atoms with Crippen molar-refractivity contribution < 1.29 is 14.3 Å². The summed E-state index contributed by atoms with van der Waals surface area (Å²) in [5.41, 5.74) is 11.4. The topological polar surface area (TPSA) is 93.5 Å². The molecule has 3 rings (SSSR count). The van der Waals surface area contributed by atoms with E-state index in [-0.39, 0.29) is 11.7 Å². The van der Waals surface area contributed by atoms with Gasteiger partial charge in [-0.1, -0.05) is 24.3 Å². The molecule has 1 aliphatic rings. The van der Waals surface area contributed by atoms with Crippen molar-refractivity contribution in [2.45, 2.75) is 39.7 Å². The molecule has 1 fully saturated rings. The molecule has 2 aromatic carbocycles. The van der Waals surface area contributed by atoms with Gasteiger partial charge in [0, 0.05) is 30.6 Å². The first kappa shape index (κ1) is 22.3. The Morgan fingerprint density at radius 1 is 1.13 bits per heavy atom. The lowest BCUT2D eigenvalue weighted by Crippen LogP contribution is -2.26. The molecule has 0 radical (unpaired) electrons. The number of ether oxygens (including phenoxy) is 1. The van der Waals surface area contributed by atoms with Crippen LogP contribution in [0.5, 0.6) is 0 Å². The van der Waals surface area contributed by atoms with E-state index < -0.39 is 6.10 Å². The lowest BCUT2D eigenvalue weighted by Gasteiger charge is -2.14. The molecular weight excluding hydrogens is 390 g/mol. The van der Waals surface area contributed by atoms with Crippen LogP contribution in [0, 0.1) is 6.92 Å². The Morgan fingerprint density at radius 2 is 1.84 bits per heavy atom. The van der Waals surface area contributed by atoms with Gasteiger partial charge >= 0.3 is 0 Å². The van der Waals surface area contributed by atoms with Crippen LogP contribution in [0.1, 0.15) is 37.8 Å². The number of nitrogen functional groups attached to an aromatic ring is 1. The van der Waals surface area contributed by atoms with Crippen molar-refractivity contribution >= 4 is 34.3 Å². The van der Waals surface area contributed by atoms with Gasteiger partial charge in [-0.3, -0.25) is 9.59 Å². The Balaban J connectivity index is 1.82. The second-order valence-corrected chi connectivity index (χ2v) is 7.57. The number of rotatable bonds is 7. The molecule has 1 aliphatic heterocycles. The Hall–Kier alpha value is -3.38. The second-order valence-electron chi connectivity index (χ2n) is 7.57. The molecule has 0 aliphatic carbocycles. The summed E-state index contributed by atoms with van der Waals surface area (Å²) in [6.45, 7) is 6.02. The number of benzene rings is 2. The first-order chi connectivity index (χ1) is 14.9. The number of nitrogens with two attached hydrogens (primary N) is 1. The van der Waals surface area contributed by atoms with Crippen molar-refractivity contribution in [2.24, 2.45) is 0 Å². The molecule has 0 saturated carbocycles. The highest BCUT2D eigenvalue weighted by Crippen LogP contribution is 2.26. The van der Waals surface area contributed by atoms with E-state index >= 15 is 0 Å². The summed E-state index contributed by atoms with van der Waals surface area (Å²) in [4.78, 5) is 24.7. The highest BCUT2D eigenvalue weighted by molar-refractivity contribution is 6.00. The maximum absolute atomic E-state index is 12.4. The number of carbonyl (C=O) groups is 2. The molecule has 31 heavy (non-hydrogen) atoms. The summed E-state index contributed by atoms with van der Waals surface area (Å²) in [7, 11) is 0. The first-order valence-corrected chi connectivity index (χ1v) is 10.4. The zero-order valence-electron chi connectivity index (χ0n) is 18.2. The third-order valence-electron chi connectivity index (χ3n) is 5.31. The molecule has 6 heteroatoms. The van der Waals surface area contributed by atoms with E-state index in [9.17, 15) is 9.59 Å². The highest BCUT2D eigenvalue weighted by Gasteiger charge is 2.23. The van der Waals surface area contributed by atoms with Gasteiger partial charge in [0.1, 0.15) is 6.10 Å². The normalized spacial score (nSPS) is 16.8. The number of allylic oxidation sites excluding steroid dienone is 4. The number of Topliss-reactive ketones (excluding diaryl/α,β-unsaturated/α-hetero) is 1. The van der Waals surface area contributed by atoms with Gasteiger partial charge < -0.3 is 21.1 Å². The Labute approximate surface area is 183 Å². The monoisotopic (exact) mass is 419 g/mol. The van der Waals surface area contributed by atoms with Gasteiger partial charge in [-0.2, -0.15) is 0 Å². The lowest BCUT2D eigenvalue weighted by atomic mass is 9.97. The fraction of sp³-hybridized carbons (Fsp3) is 0.280. The van der Waals surface area contributed by atoms with Crippen LogP contribution in [-0.2, 0) is 14.3 Å². The van der Waals surface area contributed by atoms with Gasteiger partial charge in [-0.15, -0.1) is 0 Å². The van der Waals surface area contributed by atoms with Crippen LogP contribution in [0.3, 0.4) is 0 Å². The minimum atomic E-state index is -0.400. The van der Waals surface area contributed by atoms with E-state index in [1.807, 2.05) is 62.4 Å². The van der Waals surface area contributed by atoms with Crippen molar-refractivity contribution in [2.75, 3.05) is 23.0 Å². The van der Waals surface area contributed by atoms with Gasteiger partial charge in [0.2, 0.25) is 0 Å². The van der Waals surface area contributed by atoms with Crippen LogP contribution >= 0.6 is 0 Å². The van der Waals surface area contributed by atoms with Crippen LogP contribution in [0.2, 0.25) is 0 Å². The van der Waals surface area contributed by atoms with Gasteiger partial charge in [-0.25, -0.2) is 0 Å². The maximum atomic E-state index is 12.4. The molecule has 1 heterocycles. The molecule has 1 saturated heterocycles. The van der Waals surface area contributed by atoms with E-state index in [1.165, 1.54) is 6.92 Å². The van der Waals surface area contributed by atoms with Crippen molar-refractivity contribution in [1.82, 2.24) is 0 Å². The van der Waals surface area contributed by atoms with Gasteiger partial charge in [-0.05, 0) is 73.7 Å². The van der Waals surface area contributed by atoms with Gasteiger partial charge in [0.25, 0.3) is 5.91 Å². The van der Waals surface area contributed by atoms with Crippen LogP contribution in [0.15, 0.2) is 60.3 Å². The molecular formula is C25H29N3O3. The number of hydrogen-bond acceptors (Lipinski definition) is 5. The fourth-order valence-corrected chi connectivity index (χ4v) is 3.50. The third kappa shape index (κ3) is 5.61. The summed E-state index contributed by atoms with van der Waals surface area (Å²) >= 11 is 0. The Bertz CT molecular complexity index is 1030. The van der Waals surface area contributed by atoms with Crippen LogP contribution in [0.4, 0.5) is 17.1 Å². The van der Waals surface area contributed by atoms with E-state index in [1.54, 1.807) is 6.07 Å². The van der Waals surface area contributed by atoms with Crippen molar-refractivity contribution in [1.29, 1.82) is 0 Å². The zero-order chi connectivity index (χ0) is 22.4. The van der Waals surface area contributed by atoms with Crippen molar-refractivity contribution in [3.63, 3.8) is 0 Å². The predicted molar refractivity (Wildman–Crippen MR) is 126 cm³/mol. The van der Waals surface area contributed by atoms with Gasteiger partial charge in [0.15, 0.2) is 5.78 Å². The molecule has 4 N–H and O–H groups in total. The molecule has 0 bridgehead atoms. The smallest absolute Gasteiger partial charge is 0.253 e. The number of amides is 1. The average molecular weight is 420 g/mol. The molecule has 0 spiro atoms. The van der Waals surface area contributed by atoms with E-state index in [0.29, 0.717) is 29.4 Å². The van der Waals surface area contributed by atoms with E-state index in [4.69, 9.17) is 10.5 Å². The SMILES string of the molecule is C/C=C(\C=C(\Nc1cccc(NC(=O)C2CCCO2)c1)C(C)=O)c1cccc(N)c1C. The summed E-state index contributed by atoms with van der Waals surface area (Å²) in [5.74, 6) is -0.250. The number of nitrogens with one attached hydrogen (secondary N) is 2. The fourth-order valence-electron chi connectivity index (χ4n) is 3.50. The van der Waals surface area contributed by atoms with Crippen LogP contribution < -0.4 is 16.4 Å². The predicted octanol–water partition coefficient (Wildman–Crippen LogP) is 4.68. The maximum Gasteiger partial charge on any atom is 0.253 e. The summed E-state index contributed by atoms with van der Waals surface area (Å²) < 4.78 is 5.43. The minimum Gasteiger partial charge on any atom is -0.398 e. The first-order valence-electron chi connectivity index (χ1n) is 10.4. The molecule has 1 atom stereocenters. The zero-order valence-corrected chi connectivity index (χ0v) is 18.2. The lowest BCUT2D eigenvalue weighted by molar-refractivity contribution is -0.124. The summed E-state index contributed by atoms with van der Waals surface area (Å²) in [6, 6.07) is 13.0. The standard InChI is InChI=1S/C25H29N3O3/c1-4-18(21-10-6-11-22(26)16(21)2)14-23(17(3)29)27-19-8-5-9-20(15-19)28-25(30)24-12-7-13-31-24/h4-6,8-11,14-15,24,27H,7,12-13,26H2,1-3H3,(H,28,30)/b18-4+,23-14+. The Kier molecular flexibility index (Phi) is 7.26. The van der Waals surface area contributed by atoms with Crippen molar-refractivity contribution in [3.05, 3.63) is 71.4 Å². The van der Waals surface area contributed by atoms with E-state index in [0.717, 1.165) is 29.5 Å². The molecule has 6 nitrogen and oxygen atoms in total. The van der Waals surface area contributed by atoms with E-state index in [2.05, 4.69) is 10.6 Å². The second kappa shape index (κ2) is 10.1. The van der Waals surface area contributed by atoms with Crippen molar-refractivity contribution in [3.8, 4) is 0 Å². The number of anilines is 3. The van der Waals surface area contributed by atoms with Crippen LogP contribution in [0.25, 0.3) is 5.57 Å². The van der Waals surface area contributed by atoms with Gasteiger partial charge in [0.05, 0.1) is 5.70 Å². The number of carbonyl (C=O) groups excluding carboxylic acids is 2. The Morgan fingerprint density at radius 3 is 2.48 bits per heavy atom.